The summed E-state index contributed by atoms with van der Waals surface area (Å²) in [6.45, 7) is 1.67. The van der Waals surface area contributed by atoms with Gasteiger partial charge in [0.2, 0.25) is 11.7 Å². The molecule has 1 saturated heterocycles. The maximum absolute atomic E-state index is 13.4. The molecule has 190 valence electrons. The predicted molar refractivity (Wildman–Crippen MR) is 138 cm³/mol. The molecule has 2 amide bonds. The third-order valence-corrected chi connectivity index (χ3v) is 7.38. The Hall–Kier alpha value is -3.30. The summed E-state index contributed by atoms with van der Waals surface area (Å²) in [5.74, 6) is -0.649. The fourth-order valence-electron chi connectivity index (χ4n) is 4.33. The molecule has 36 heavy (non-hydrogen) atoms. The largest absolute Gasteiger partial charge is 0.465 e. The first-order valence-electron chi connectivity index (χ1n) is 12.3. The number of para-hydroxylation sites is 1. The van der Waals surface area contributed by atoms with E-state index in [0.717, 1.165) is 28.6 Å². The van der Waals surface area contributed by atoms with Crippen molar-refractivity contribution in [1.29, 1.82) is 0 Å². The first-order chi connectivity index (χ1) is 17.5. The lowest BCUT2D eigenvalue weighted by atomic mass is 9.99. The van der Waals surface area contributed by atoms with E-state index >= 15 is 0 Å². The molecule has 2 heterocycles. The van der Waals surface area contributed by atoms with Gasteiger partial charge in [-0.25, -0.2) is 9.78 Å². The molecular formula is C27H31N3O5S. The molecule has 0 bridgehead atoms. The number of ether oxygens (including phenoxy) is 1. The van der Waals surface area contributed by atoms with Crippen LogP contribution in [0.2, 0.25) is 0 Å². The van der Waals surface area contributed by atoms with Crippen LogP contribution in [0.25, 0.3) is 10.2 Å². The number of fused-ring (bicyclic) bond motifs is 1. The van der Waals surface area contributed by atoms with Crippen LogP contribution in [0.5, 0.6) is 0 Å². The van der Waals surface area contributed by atoms with E-state index in [0.29, 0.717) is 50.6 Å². The summed E-state index contributed by atoms with van der Waals surface area (Å²) in [4.78, 5) is 43.9. The second-order valence-electron chi connectivity index (χ2n) is 9.01. The van der Waals surface area contributed by atoms with Crippen LogP contribution in [-0.4, -0.2) is 58.6 Å². The Bertz CT molecular complexity index is 1140. The molecule has 2 aromatic carbocycles. The second-order valence-corrected chi connectivity index (χ2v) is 10.0. The number of carbonyl (C=O) groups is 3. The average Bonchev–Trinajstić information content (AvgIpc) is 3.34. The fourth-order valence-corrected chi connectivity index (χ4v) is 5.29. The summed E-state index contributed by atoms with van der Waals surface area (Å²) in [5, 5.41) is 12.9. The Balaban J connectivity index is 1.39. The molecule has 0 radical (unpaired) electrons. The predicted octanol–water partition coefficient (Wildman–Crippen LogP) is 4.74. The summed E-state index contributed by atoms with van der Waals surface area (Å²) < 4.78 is 6.37. The van der Waals surface area contributed by atoms with Gasteiger partial charge in [-0.3, -0.25) is 9.59 Å². The van der Waals surface area contributed by atoms with E-state index in [-0.39, 0.29) is 17.6 Å². The van der Waals surface area contributed by atoms with E-state index in [2.05, 4.69) is 10.3 Å². The number of thiazole rings is 1. The zero-order chi connectivity index (χ0) is 25.3. The number of hydrogen-bond donors (Lipinski definition) is 2. The van der Waals surface area contributed by atoms with Crippen molar-refractivity contribution in [2.24, 2.45) is 5.92 Å². The number of nitrogens with one attached hydrogen (secondary N) is 1. The van der Waals surface area contributed by atoms with Crippen LogP contribution < -0.4 is 5.32 Å². The summed E-state index contributed by atoms with van der Waals surface area (Å²) in [7, 11) is 0. The first-order valence-corrected chi connectivity index (χ1v) is 13.1. The molecule has 2 atom stereocenters. The minimum absolute atomic E-state index is 0.176. The highest BCUT2D eigenvalue weighted by Crippen LogP contribution is 2.24. The number of unbranched alkanes of at least 4 members (excludes halogenated alkanes) is 1. The number of amides is 2. The number of nitrogens with zero attached hydrogens (tertiary/aromatic N) is 2. The SMILES string of the molecule is O=C(N[C@@H](CCCCN(Cc1ccccc1)C(=O)O)C(=O)c1nc2ccccc2s1)C1CCCOC1. The summed E-state index contributed by atoms with van der Waals surface area (Å²) in [6, 6.07) is 16.3. The van der Waals surface area contributed by atoms with E-state index in [9.17, 15) is 19.5 Å². The van der Waals surface area contributed by atoms with Gasteiger partial charge in [0.1, 0.15) is 0 Å². The Morgan fingerprint density at radius 3 is 2.61 bits per heavy atom. The van der Waals surface area contributed by atoms with Gasteiger partial charge in [0, 0.05) is 19.7 Å². The summed E-state index contributed by atoms with van der Waals surface area (Å²) in [5.41, 5.74) is 1.68. The van der Waals surface area contributed by atoms with E-state index in [4.69, 9.17) is 4.74 Å². The highest BCUT2D eigenvalue weighted by Gasteiger charge is 2.29. The summed E-state index contributed by atoms with van der Waals surface area (Å²) >= 11 is 1.32. The van der Waals surface area contributed by atoms with Gasteiger partial charge < -0.3 is 20.1 Å². The van der Waals surface area contributed by atoms with Gasteiger partial charge in [0.15, 0.2) is 5.01 Å². The van der Waals surface area contributed by atoms with Crippen molar-refractivity contribution in [2.75, 3.05) is 19.8 Å². The van der Waals surface area contributed by atoms with E-state index < -0.39 is 12.1 Å². The lowest BCUT2D eigenvalue weighted by molar-refractivity contribution is -0.129. The maximum atomic E-state index is 13.4. The van der Waals surface area contributed by atoms with Gasteiger partial charge in [-0.1, -0.05) is 42.5 Å². The molecule has 9 heteroatoms. The molecule has 0 spiro atoms. The number of carboxylic acid groups (broad SMARTS) is 1. The van der Waals surface area contributed by atoms with Crippen LogP contribution >= 0.6 is 11.3 Å². The molecule has 1 aromatic heterocycles. The normalized spacial score (nSPS) is 16.4. The quantitative estimate of drug-likeness (QED) is 0.285. The minimum Gasteiger partial charge on any atom is -0.465 e. The monoisotopic (exact) mass is 509 g/mol. The van der Waals surface area contributed by atoms with Crippen LogP contribution in [0.3, 0.4) is 0 Å². The van der Waals surface area contributed by atoms with Crippen molar-refractivity contribution in [2.45, 2.75) is 44.7 Å². The van der Waals surface area contributed by atoms with Crippen molar-refractivity contribution in [3.63, 3.8) is 0 Å². The number of ketones is 1. The molecule has 1 aliphatic heterocycles. The fraction of sp³-hybridized carbons (Fsp3) is 0.407. The average molecular weight is 510 g/mol. The van der Waals surface area contributed by atoms with Crippen molar-refractivity contribution < 1.29 is 24.2 Å². The molecule has 4 rings (SSSR count). The standard InChI is InChI=1S/C27H31N3O5S/c31-24(26-29-21-12-4-5-14-23(21)36-26)22(28-25(32)20-11-8-16-35-18-20)13-6-7-15-30(27(33)34)17-19-9-2-1-3-10-19/h1-5,9-10,12,14,20,22H,6-8,11,13,15-18H2,(H,28,32)(H,33,34)/t20?,22-/m0/s1. The third kappa shape index (κ3) is 6.89. The van der Waals surface area contributed by atoms with E-state index in [1.54, 1.807) is 0 Å². The molecule has 1 aliphatic rings. The Morgan fingerprint density at radius 1 is 1.11 bits per heavy atom. The minimum atomic E-state index is -0.980. The van der Waals surface area contributed by atoms with Crippen LogP contribution in [0, 0.1) is 5.92 Å². The van der Waals surface area contributed by atoms with Crippen molar-refractivity contribution >= 4 is 39.3 Å². The molecule has 8 nitrogen and oxygen atoms in total. The number of carbonyl (C=O) groups excluding carboxylic acids is 2. The molecular weight excluding hydrogens is 478 g/mol. The lowest BCUT2D eigenvalue weighted by Crippen LogP contribution is -2.45. The van der Waals surface area contributed by atoms with Gasteiger partial charge in [-0.05, 0) is 49.8 Å². The van der Waals surface area contributed by atoms with Crippen molar-refractivity contribution in [3.8, 4) is 0 Å². The van der Waals surface area contributed by atoms with Gasteiger partial charge in [-0.15, -0.1) is 11.3 Å². The molecule has 0 saturated carbocycles. The Labute approximate surface area is 214 Å². The third-order valence-electron chi connectivity index (χ3n) is 6.33. The number of aromatic nitrogens is 1. The molecule has 1 unspecified atom stereocenters. The van der Waals surface area contributed by atoms with Gasteiger partial charge in [0.05, 0.1) is 28.8 Å². The summed E-state index contributed by atoms with van der Waals surface area (Å²) in [6.07, 6.45) is 2.15. The van der Waals surface area contributed by atoms with Crippen molar-refractivity contribution in [3.05, 3.63) is 65.2 Å². The molecule has 2 N–H and O–H groups in total. The van der Waals surface area contributed by atoms with Crippen LogP contribution in [-0.2, 0) is 16.1 Å². The highest BCUT2D eigenvalue weighted by molar-refractivity contribution is 7.20. The zero-order valence-electron chi connectivity index (χ0n) is 20.1. The smallest absolute Gasteiger partial charge is 0.407 e. The number of hydrogen-bond acceptors (Lipinski definition) is 6. The van der Waals surface area contributed by atoms with Gasteiger partial charge >= 0.3 is 6.09 Å². The van der Waals surface area contributed by atoms with Crippen LogP contribution in [0.4, 0.5) is 4.79 Å². The van der Waals surface area contributed by atoms with Gasteiger partial charge in [0.25, 0.3) is 0 Å². The van der Waals surface area contributed by atoms with Crippen LogP contribution in [0.15, 0.2) is 54.6 Å². The second kappa shape index (κ2) is 12.6. The molecule has 1 fully saturated rings. The van der Waals surface area contributed by atoms with E-state index in [1.165, 1.54) is 16.2 Å². The lowest BCUT2D eigenvalue weighted by Gasteiger charge is -2.24. The van der Waals surface area contributed by atoms with Crippen LogP contribution in [0.1, 0.15) is 47.5 Å². The maximum Gasteiger partial charge on any atom is 0.407 e. The first kappa shape index (κ1) is 25.8. The number of rotatable bonds is 11. The van der Waals surface area contributed by atoms with E-state index in [1.807, 2.05) is 54.6 Å². The molecule has 3 aromatic rings. The Kier molecular flexibility index (Phi) is 9.02. The number of benzene rings is 2. The molecule has 0 aliphatic carbocycles. The number of Topliss-reactive ketones (excluding diaryl/α,β-unsaturated/α-hetero) is 1. The zero-order valence-corrected chi connectivity index (χ0v) is 20.9. The Morgan fingerprint density at radius 2 is 1.89 bits per heavy atom. The topological polar surface area (TPSA) is 109 Å². The van der Waals surface area contributed by atoms with Crippen molar-refractivity contribution in [1.82, 2.24) is 15.2 Å². The van der Waals surface area contributed by atoms with Gasteiger partial charge in [-0.2, -0.15) is 0 Å². The highest BCUT2D eigenvalue weighted by atomic mass is 32.1.